The van der Waals surface area contributed by atoms with Crippen LogP contribution in [-0.2, 0) is 4.74 Å². The van der Waals surface area contributed by atoms with E-state index in [4.69, 9.17) is 10.5 Å². The van der Waals surface area contributed by atoms with E-state index in [-0.39, 0.29) is 6.10 Å². The smallest absolute Gasteiger partial charge is 0.0823 e. The third kappa shape index (κ3) is 4.94. The molecule has 0 spiro atoms. The normalized spacial score (nSPS) is 27.4. The van der Waals surface area contributed by atoms with Gasteiger partial charge in [0.2, 0.25) is 0 Å². The first-order valence-corrected chi connectivity index (χ1v) is 7.23. The molecule has 1 aliphatic rings. The number of likely N-dealkylation sites (N-methyl/N-ethyl adjacent to an activating group) is 1. The van der Waals surface area contributed by atoms with E-state index in [1.807, 2.05) is 6.92 Å². The van der Waals surface area contributed by atoms with Crippen LogP contribution in [0.25, 0.3) is 0 Å². The topological polar surface area (TPSA) is 38.5 Å². The Bertz CT molecular complexity index is 191. The van der Waals surface area contributed by atoms with Crippen LogP contribution in [0.15, 0.2) is 0 Å². The van der Waals surface area contributed by atoms with Crippen LogP contribution in [-0.4, -0.2) is 43.8 Å². The Morgan fingerprint density at radius 1 is 1.24 bits per heavy atom. The molecule has 3 heteroatoms. The zero-order valence-electron chi connectivity index (χ0n) is 11.8. The van der Waals surface area contributed by atoms with Crippen molar-refractivity contribution in [3.05, 3.63) is 0 Å². The first-order chi connectivity index (χ1) is 8.21. The van der Waals surface area contributed by atoms with Crippen molar-refractivity contribution in [2.24, 2.45) is 11.7 Å². The molecule has 0 bridgehead atoms. The molecule has 2 N–H and O–H groups in total. The molecular formula is C14H30N2O. The molecule has 0 heterocycles. The monoisotopic (exact) mass is 242 g/mol. The summed E-state index contributed by atoms with van der Waals surface area (Å²) in [4.78, 5) is 2.46. The van der Waals surface area contributed by atoms with Gasteiger partial charge in [-0.3, -0.25) is 0 Å². The first kappa shape index (κ1) is 14.9. The minimum absolute atomic E-state index is 0.203. The molecule has 1 rings (SSSR count). The van der Waals surface area contributed by atoms with Crippen molar-refractivity contribution in [2.45, 2.75) is 58.1 Å². The molecule has 0 amide bonds. The zero-order valence-corrected chi connectivity index (χ0v) is 11.8. The summed E-state index contributed by atoms with van der Waals surface area (Å²) in [6.45, 7) is 6.72. The minimum atomic E-state index is 0.203. The van der Waals surface area contributed by atoms with E-state index >= 15 is 0 Å². The summed E-state index contributed by atoms with van der Waals surface area (Å²) in [7, 11) is 2.22. The van der Waals surface area contributed by atoms with Crippen molar-refractivity contribution in [3.8, 4) is 0 Å². The molecule has 3 nitrogen and oxygen atoms in total. The van der Waals surface area contributed by atoms with Gasteiger partial charge < -0.3 is 15.4 Å². The molecule has 102 valence electrons. The van der Waals surface area contributed by atoms with Gasteiger partial charge in [-0.25, -0.2) is 0 Å². The van der Waals surface area contributed by atoms with Crippen molar-refractivity contribution in [2.75, 3.05) is 26.7 Å². The first-order valence-electron chi connectivity index (χ1n) is 7.23. The highest BCUT2D eigenvalue weighted by atomic mass is 16.5. The van der Waals surface area contributed by atoms with Crippen LogP contribution >= 0.6 is 0 Å². The lowest BCUT2D eigenvalue weighted by Crippen LogP contribution is -2.43. The Morgan fingerprint density at radius 3 is 2.35 bits per heavy atom. The van der Waals surface area contributed by atoms with Crippen molar-refractivity contribution in [1.29, 1.82) is 0 Å². The lowest BCUT2D eigenvalue weighted by molar-refractivity contribution is 0.0284. The fourth-order valence-electron chi connectivity index (χ4n) is 2.90. The molecule has 1 atom stereocenters. The highest BCUT2D eigenvalue weighted by molar-refractivity contribution is 4.79. The molecular weight excluding hydrogens is 212 g/mol. The quantitative estimate of drug-likeness (QED) is 0.744. The molecule has 1 fully saturated rings. The standard InChI is InChI=1S/C14H30N2O/c1-4-12-6-8-13(9-7-12)16(3)11-14(10-15)17-5-2/h12-14H,4-11,15H2,1-3H3. The number of hydrogen-bond donors (Lipinski definition) is 1. The molecule has 0 aromatic carbocycles. The Labute approximate surface area is 107 Å². The molecule has 0 aromatic heterocycles. The maximum atomic E-state index is 5.73. The molecule has 17 heavy (non-hydrogen) atoms. The molecule has 1 saturated carbocycles. The van der Waals surface area contributed by atoms with Crippen LogP contribution in [0.5, 0.6) is 0 Å². The van der Waals surface area contributed by atoms with Crippen LogP contribution in [0, 0.1) is 5.92 Å². The second-order valence-corrected chi connectivity index (χ2v) is 5.34. The van der Waals surface area contributed by atoms with Gasteiger partial charge in [0.15, 0.2) is 0 Å². The third-order valence-electron chi connectivity index (χ3n) is 4.17. The van der Waals surface area contributed by atoms with E-state index in [0.717, 1.165) is 25.1 Å². The van der Waals surface area contributed by atoms with E-state index in [2.05, 4.69) is 18.9 Å². The minimum Gasteiger partial charge on any atom is -0.376 e. The summed E-state index contributed by atoms with van der Waals surface area (Å²) in [6.07, 6.45) is 7.03. The summed E-state index contributed by atoms with van der Waals surface area (Å²) < 4.78 is 5.63. The second kappa shape index (κ2) is 8.06. The fourth-order valence-corrected chi connectivity index (χ4v) is 2.90. The van der Waals surface area contributed by atoms with E-state index in [0.29, 0.717) is 6.54 Å². The van der Waals surface area contributed by atoms with Crippen molar-refractivity contribution in [1.82, 2.24) is 4.90 Å². The lowest BCUT2D eigenvalue weighted by atomic mass is 9.84. The van der Waals surface area contributed by atoms with Crippen LogP contribution < -0.4 is 5.73 Å². The summed E-state index contributed by atoms with van der Waals surface area (Å²) in [6, 6.07) is 0.743. The summed E-state index contributed by atoms with van der Waals surface area (Å²) in [5.74, 6) is 0.969. The summed E-state index contributed by atoms with van der Waals surface area (Å²) in [5.41, 5.74) is 5.73. The SMILES string of the molecule is CCOC(CN)CN(C)C1CCC(CC)CC1. The maximum Gasteiger partial charge on any atom is 0.0823 e. The van der Waals surface area contributed by atoms with E-state index < -0.39 is 0 Å². The number of nitrogens with zero attached hydrogens (tertiary/aromatic N) is 1. The van der Waals surface area contributed by atoms with Gasteiger partial charge >= 0.3 is 0 Å². The highest BCUT2D eigenvalue weighted by Gasteiger charge is 2.24. The van der Waals surface area contributed by atoms with Gasteiger partial charge in [-0.2, -0.15) is 0 Å². The Kier molecular flexibility index (Phi) is 7.09. The predicted octanol–water partition coefficient (Wildman–Crippen LogP) is 2.25. The predicted molar refractivity (Wildman–Crippen MR) is 73.1 cm³/mol. The maximum absolute atomic E-state index is 5.73. The molecule has 0 saturated heterocycles. The molecule has 0 aromatic rings. The average Bonchev–Trinajstić information content (AvgIpc) is 2.38. The molecule has 0 radical (unpaired) electrons. The van der Waals surface area contributed by atoms with E-state index in [1.165, 1.54) is 32.1 Å². The Hall–Kier alpha value is -0.120. The largest absolute Gasteiger partial charge is 0.376 e. The van der Waals surface area contributed by atoms with Crippen molar-refractivity contribution >= 4 is 0 Å². The Morgan fingerprint density at radius 2 is 1.88 bits per heavy atom. The number of nitrogens with two attached hydrogens (primary N) is 1. The lowest BCUT2D eigenvalue weighted by Gasteiger charge is -2.36. The van der Waals surface area contributed by atoms with Crippen LogP contribution in [0.4, 0.5) is 0 Å². The number of rotatable bonds is 7. The fraction of sp³-hybridized carbons (Fsp3) is 1.00. The van der Waals surface area contributed by atoms with Gasteiger partial charge in [-0.05, 0) is 45.6 Å². The van der Waals surface area contributed by atoms with E-state index in [9.17, 15) is 0 Å². The molecule has 1 aliphatic carbocycles. The highest BCUT2D eigenvalue weighted by Crippen LogP contribution is 2.28. The van der Waals surface area contributed by atoms with Crippen LogP contribution in [0.3, 0.4) is 0 Å². The zero-order chi connectivity index (χ0) is 12.7. The van der Waals surface area contributed by atoms with Crippen LogP contribution in [0.1, 0.15) is 46.0 Å². The summed E-state index contributed by atoms with van der Waals surface area (Å²) >= 11 is 0. The van der Waals surface area contributed by atoms with Crippen molar-refractivity contribution < 1.29 is 4.74 Å². The average molecular weight is 242 g/mol. The van der Waals surface area contributed by atoms with Gasteiger partial charge in [-0.1, -0.05) is 13.3 Å². The number of hydrogen-bond acceptors (Lipinski definition) is 3. The van der Waals surface area contributed by atoms with Gasteiger partial charge in [0.05, 0.1) is 6.10 Å². The van der Waals surface area contributed by atoms with Gasteiger partial charge in [-0.15, -0.1) is 0 Å². The van der Waals surface area contributed by atoms with Gasteiger partial charge in [0.1, 0.15) is 0 Å². The third-order valence-corrected chi connectivity index (χ3v) is 4.17. The van der Waals surface area contributed by atoms with Gasteiger partial charge in [0, 0.05) is 25.7 Å². The number of ether oxygens (including phenoxy) is 1. The van der Waals surface area contributed by atoms with E-state index in [1.54, 1.807) is 0 Å². The Balaban J connectivity index is 2.30. The molecule has 1 unspecified atom stereocenters. The van der Waals surface area contributed by atoms with Crippen molar-refractivity contribution in [3.63, 3.8) is 0 Å². The molecule has 0 aliphatic heterocycles. The van der Waals surface area contributed by atoms with Gasteiger partial charge in [0.25, 0.3) is 0 Å². The summed E-state index contributed by atoms with van der Waals surface area (Å²) in [5, 5.41) is 0. The van der Waals surface area contributed by atoms with Crippen LogP contribution in [0.2, 0.25) is 0 Å². The second-order valence-electron chi connectivity index (χ2n) is 5.34.